The van der Waals surface area contributed by atoms with Gasteiger partial charge >= 0.3 is 5.92 Å². The number of aromatic amines is 3. The molecule has 15 heterocycles. The molecule has 1 saturated heterocycles. The molecule has 4 aliphatic rings. The van der Waals surface area contributed by atoms with Crippen LogP contribution >= 0.6 is 0 Å². The molecule has 0 aliphatic carbocycles. The highest BCUT2D eigenvalue weighted by molar-refractivity contribution is 6.01. The normalized spacial score (nSPS) is 13.8. The highest BCUT2D eigenvalue weighted by Gasteiger charge is 2.33. The summed E-state index contributed by atoms with van der Waals surface area (Å²) in [6, 6.07) is 59.8. The van der Waals surface area contributed by atoms with Gasteiger partial charge in [-0.15, -0.1) is 0 Å². The molecule has 0 radical (unpaired) electrons. The lowest BCUT2D eigenvalue weighted by molar-refractivity contribution is 0.00602. The minimum Gasteiger partial charge on any atom is -0.486 e. The number of halogens is 2. The van der Waals surface area contributed by atoms with Crippen molar-refractivity contribution >= 4 is 142 Å². The van der Waals surface area contributed by atoms with Crippen molar-refractivity contribution in [3.63, 3.8) is 0 Å². The number of nitrogens with one attached hydrogen (secondary N) is 8. The molecule has 30 heteroatoms. The number of nitrogen functional groups attached to an aromatic ring is 5. The number of aliphatic imine (C=N–C) groups is 3. The summed E-state index contributed by atoms with van der Waals surface area (Å²) in [6.07, 6.45) is 25.8. The summed E-state index contributed by atoms with van der Waals surface area (Å²) < 4.78 is 34.7. The fraction of sp³-hybridized carbons (Fsp3) is 0.143. The van der Waals surface area contributed by atoms with Crippen LogP contribution in [-0.4, -0.2) is 134 Å². The summed E-state index contributed by atoms with van der Waals surface area (Å²) in [5.74, 6) is -0.208. The molecule has 16 aromatic rings. The first kappa shape index (κ1) is 79.1. The number of nitrogens with zero attached hydrogens (tertiary/aromatic N) is 14. The Hall–Kier alpha value is -15.7. The second-order valence-electron chi connectivity index (χ2n) is 28.8. The fourth-order valence-corrected chi connectivity index (χ4v) is 14.2. The Morgan fingerprint density at radius 1 is 0.430 bits per heavy atom. The Labute approximate surface area is 693 Å². The zero-order chi connectivity index (χ0) is 82.9. The number of fused-ring (bicyclic) bond motifs is 5. The summed E-state index contributed by atoms with van der Waals surface area (Å²) in [5, 5.41) is 42.1. The second-order valence-corrected chi connectivity index (χ2v) is 28.8. The van der Waals surface area contributed by atoms with Crippen LogP contribution in [0.3, 0.4) is 0 Å². The number of pyridine rings is 8. The van der Waals surface area contributed by atoms with E-state index in [-0.39, 0.29) is 11.5 Å². The first-order chi connectivity index (χ1) is 59.2. The van der Waals surface area contributed by atoms with Gasteiger partial charge in [0.15, 0.2) is 0 Å². The number of allylic oxidation sites excluding steroid dienone is 3. The number of H-pyrrole nitrogens is 3. The van der Waals surface area contributed by atoms with Gasteiger partial charge in [-0.2, -0.15) is 24.1 Å². The first-order valence-corrected chi connectivity index (χ1v) is 39.2. The minimum absolute atomic E-state index is 0.264. The van der Waals surface area contributed by atoms with Crippen molar-refractivity contribution in [3.8, 4) is 28.3 Å². The van der Waals surface area contributed by atoms with Gasteiger partial charge in [0.2, 0.25) is 0 Å². The third-order valence-electron chi connectivity index (χ3n) is 20.3. The fourth-order valence-electron chi connectivity index (χ4n) is 14.2. The van der Waals surface area contributed by atoms with Gasteiger partial charge in [-0.05, 0) is 162 Å². The van der Waals surface area contributed by atoms with Crippen molar-refractivity contribution in [2.45, 2.75) is 44.5 Å². The van der Waals surface area contributed by atoms with Crippen molar-refractivity contribution < 1.29 is 13.5 Å². The Morgan fingerprint density at radius 2 is 0.901 bits per heavy atom. The van der Waals surface area contributed by atoms with Crippen LogP contribution in [0.15, 0.2) is 265 Å². The largest absolute Gasteiger partial charge is 0.486 e. The van der Waals surface area contributed by atoms with Crippen LogP contribution in [0.25, 0.3) is 93.7 Å². The molecule has 20 rings (SSSR count). The van der Waals surface area contributed by atoms with E-state index >= 15 is 0 Å². The van der Waals surface area contributed by atoms with Crippen LogP contribution in [0.5, 0.6) is 5.75 Å². The van der Waals surface area contributed by atoms with Gasteiger partial charge in [0, 0.05) is 172 Å². The van der Waals surface area contributed by atoms with Crippen LogP contribution in [-0.2, 0) is 25.6 Å². The maximum Gasteiger partial charge on any atom is 0.306 e. The van der Waals surface area contributed by atoms with Gasteiger partial charge < -0.3 is 60.0 Å². The topological polar surface area (TPSA) is 426 Å². The molecule has 1 atom stereocenters. The number of hydrogen-bond acceptors (Lipinski definition) is 25. The molecule has 1 fully saturated rings. The molecule has 604 valence electrons. The average Bonchev–Trinajstić information content (AvgIpc) is 1.79. The molecule has 0 bridgehead atoms. The Morgan fingerprint density at radius 3 is 1.36 bits per heavy atom. The van der Waals surface area contributed by atoms with Gasteiger partial charge in [-0.25, -0.2) is 24.9 Å². The Kier molecular flexibility index (Phi) is 24.2. The molecule has 4 aliphatic heterocycles. The van der Waals surface area contributed by atoms with E-state index < -0.39 is 12.5 Å². The van der Waals surface area contributed by atoms with Gasteiger partial charge in [-0.3, -0.25) is 45.2 Å². The lowest BCUT2D eigenvalue weighted by Crippen LogP contribution is -2.29. The summed E-state index contributed by atoms with van der Waals surface area (Å²) in [5.41, 5.74) is 50.7. The van der Waals surface area contributed by atoms with Crippen molar-refractivity contribution in [2.24, 2.45) is 15.0 Å². The maximum atomic E-state index is 14.4. The molecule has 28 nitrogen and oxygen atoms in total. The summed E-state index contributed by atoms with van der Waals surface area (Å²) in [7, 11) is 0. The van der Waals surface area contributed by atoms with Crippen LogP contribution in [0, 0.1) is 0 Å². The zero-order valence-electron chi connectivity index (χ0n) is 65.6. The van der Waals surface area contributed by atoms with E-state index in [9.17, 15) is 8.78 Å². The Balaban J connectivity index is 0.000000113. The van der Waals surface area contributed by atoms with E-state index in [1.165, 1.54) is 36.3 Å². The van der Waals surface area contributed by atoms with E-state index in [4.69, 9.17) is 33.4 Å². The summed E-state index contributed by atoms with van der Waals surface area (Å²) in [4.78, 5) is 47.0. The van der Waals surface area contributed by atoms with Gasteiger partial charge in [0.1, 0.15) is 47.1 Å². The number of aromatic nitrogens is 14. The molecule has 11 aromatic heterocycles. The standard InChI is InChI=1S/C20H17F2N5.2C19H17N5.C17H20N6.C16H14N6O/c21-20(22,18-3-1-2-7-25-18)12-26-16-10-19(23)27-17-9-13(4-5-15(16)17)14-6-8-24-11-14;20-19-9-17(23-11-13-2-1-6-21-10-13)16-4-3-14(8-18(16)24-19)15-5-7-22-12-15;20-19-10-17(23-12-15-3-1-2-7-22-15)16-5-4-13(9-18(16)24-19)14-6-8-21-11-14;18-17-9-15(20-10-12-2-1-6-19-12)13-4-3-11(8-16(13)22-17)14-5-7-21-23-14;17-16-8-15(23-9-11-3-5-18-21-11)12-2-1-10(7-14(12)20-16)13-4-6-19-22-13/h1-10H,11-12H2,(H3,23,26,27);2*1-10H,11-12H2,(H3,20,23,24);3-5,7-9,12,19H,1-2,6,10H2,(H,21,23)(H3,18,20,22);1-8H,9H2,(H2,17,20)(H,18,21)(H,19,22)/t;;;12-;/m...1./s1. The molecule has 0 spiro atoms. The van der Waals surface area contributed by atoms with Crippen molar-refractivity contribution in [1.82, 2.24) is 75.8 Å². The molecule has 121 heavy (non-hydrogen) atoms. The van der Waals surface area contributed by atoms with Crippen LogP contribution in [0.4, 0.5) is 60.6 Å². The number of anilines is 9. The third kappa shape index (κ3) is 19.9. The number of ether oxygens (including phenoxy) is 1. The molecule has 5 aromatic carbocycles. The average molecular weight is 1610 g/mol. The smallest absolute Gasteiger partial charge is 0.306 e. The summed E-state index contributed by atoms with van der Waals surface area (Å²) >= 11 is 0. The second kappa shape index (κ2) is 37.0. The predicted octanol–water partition coefficient (Wildman–Crippen LogP) is 15.3. The number of benzene rings is 5. The van der Waals surface area contributed by atoms with Crippen LogP contribution in [0.2, 0.25) is 0 Å². The van der Waals surface area contributed by atoms with Crippen LogP contribution in [0.1, 0.15) is 52.2 Å². The summed E-state index contributed by atoms with van der Waals surface area (Å²) in [6.45, 7) is 5.20. The van der Waals surface area contributed by atoms with Gasteiger partial charge in [0.25, 0.3) is 0 Å². The number of hydrogen-bond donors (Lipinski definition) is 13. The lowest BCUT2D eigenvalue weighted by atomic mass is 10.0. The highest BCUT2D eigenvalue weighted by Crippen LogP contribution is 2.36. The van der Waals surface area contributed by atoms with Crippen molar-refractivity contribution in [1.29, 1.82) is 0 Å². The molecule has 0 unspecified atom stereocenters. The Bertz CT molecular complexity index is 6340. The van der Waals surface area contributed by atoms with Crippen molar-refractivity contribution in [3.05, 3.63) is 289 Å². The number of nitrogens with two attached hydrogens (primary N) is 5. The highest BCUT2D eigenvalue weighted by atomic mass is 19.3. The number of alkyl halides is 2. The number of rotatable bonds is 21. The first-order valence-electron chi connectivity index (χ1n) is 39.2. The van der Waals surface area contributed by atoms with Crippen LogP contribution < -0.4 is 60.0 Å². The van der Waals surface area contributed by atoms with Gasteiger partial charge in [-0.1, -0.05) is 72.8 Å². The molecular weight excluding hydrogens is 1530 g/mol. The third-order valence-corrected chi connectivity index (χ3v) is 20.3. The monoisotopic (exact) mass is 1610 g/mol. The predicted molar refractivity (Wildman–Crippen MR) is 482 cm³/mol. The van der Waals surface area contributed by atoms with Gasteiger partial charge in [0.05, 0.1) is 83.1 Å². The van der Waals surface area contributed by atoms with Crippen molar-refractivity contribution in [2.75, 3.05) is 89.2 Å². The van der Waals surface area contributed by atoms with E-state index in [0.29, 0.717) is 72.5 Å². The lowest BCUT2D eigenvalue weighted by Gasteiger charge is -2.18. The molecule has 18 N–H and O–H groups in total. The molecular formula is C91H85F2N27O. The molecule has 0 amide bonds. The maximum absolute atomic E-state index is 14.4. The van der Waals surface area contributed by atoms with E-state index in [1.807, 2.05) is 146 Å². The van der Waals surface area contributed by atoms with E-state index in [1.54, 1.807) is 61.5 Å². The zero-order valence-corrected chi connectivity index (χ0v) is 65.6. The SMILES string of the molecule is Nc1cc(NCC(F)(F)c2ccccn2)c2ccc(C3=CC=NC3)cc2n1.Nc1cc(NC[C@H]2CCCN2)c2ccc(-c3ccn[nH]3)cc2n1.Nc1cc(NCc2ccccn2)c2ccc(C3=CC=NC3)cc2n1.Nc1cc(NCc2cccnc2)c2ccc(C3=CC=NC3)cc2n1.Nc1cc(OCc2ccn[nH]2)c2ccc(-c3ccn[nH]3)cc2n1. The van der Waals surface area contributed by atoms with E-state index in [0.717, 1.165) is 154 Å². The minimum atomic E-state index is -3.11. The quantitative estimate of drug-likeness (QED) is 0.0318. The van der Waals surface area contributed by atoms with E-state index in [2.05, 4.69) is 161 Å². The molecule has 0 saturated carbocycles.